The number of rotatable bonds is 9. The molecule has 2 aromatic rings. The van der Waals surface area contributed by atoms with E-state index < -0.39 is 6.10 Å². The number of piperidine rings is 1. The van der Waals surface area contributed by atoms with Gasteiger partial charge < -0.3 is 24.4 Å². The number of anilines is 2. The van der Waals surface area contributed by atoms with E-state index in [-0.39, 0.29) is 30.7 Å². The van der Waals surface area contributed by atoms with Crippen molar-refractivity contribution < 1.29 is 28.6 Å². The lowest BCUT2D eigenvalue weighted by molar-refractivity contribution is -0.133. The van der Waals surface area contributed by atoms with Crippen molar-refractivity contribution in [2.45, 2.75) is 45.1 Å². The fraction of sp³-hybridized carbons (Fsp3) is 0.444. The maximum atomic E-state index is 12.9. The highest BCUT2D eigenvalue weighted by Crippen LogP contribution is 2.36. The lowest BCUT2D eigenvalue weighted by Crippen LogP contribution is -2.50. The van der Waals surface area contributed by atoms with Crippen LogP contribution in [0.25, 0.3) is 0 Å². The number of carbonyl (C=O) groups excluding carboxylic acids is 3. The molecule has 36 heavy (non-hydrogen) atoms. The molecule has 4 rings (SSSR count). The molecule has 2 aliphatic rings. The predicted molar refractivity (Wildman–Crippen MR) is 136 cm³/mol. The highest BCUT2D eigenvalue weighted by atomic mass is 16.5. The van der Waals surface area contributed by atoms with E-state index in [1.807, 2.05) is 29.2 Å². The first-order chi connectivity index (χ1) is 17.4. The van der Waals surface area contributed by atoms with Crippen LogP contribution < -0.4 is 24.4 Å². The maximum Gasteiger partial charge on any atom is 0.268 e. The van der Waals surface area contributed by atoms with Crippen LogP contribution in [0.5, 0.6) is 17.2 Å². The fourth-order valence-corrected chi connectivity index (χ4v) is 4.34. The minimum absolute atomic E-state index is 0.0420. The predicted octanol–water partition coefficient (Wildman–Crippen LogP) is 3.62. The van der Waals surface area contributed by atoms with Gasteiger partial charge in [0.1, 0.15) is 23.8 Å². The molecule has 3 amide bonds. The number of ether oxygens (including phenoxy) is 3. The molecule has 1 fully saturated rings. The normalized spacial score (nSPS) is 17.2. The molecule has 2 aromatic carbocycles. The molecule has 1 unspecified atom stereocenters. The zero-order valence-electron chi connectivity index (χ0n) is 20.8. The van der Waals surface area contributed by atoms with Crippen LogP contribution in [0, 0.1) is 0 Å². The highest BCUT2D eigenvalue weighted by molar-refractivity contribution is 6.04. The number of nitrogens with zero attached hydrogens (tertiary/aromatic N) is 2. The van der Waals surface area contributed by atoms with E-state index in [1.54, 1.807) is 32.2 Å². The Morgan fingerprint density at radius 3 is 2.50 bits per heavy atom. The largest absolute Gasteiger partial charge is 0.497 e. The molecule has 0 spiro atoms. The topological polar surface area (TPSA) is 97.4 Å². The summed E-state index contributed by atoms with van der Waals surface area (Å²) in [7, 11) is 1.61. The van der Waals surface area contributed by atoms with Crippen molar-refractivity contribution in [3.63, 3.8) is 0 Å². The summed E-state index contributed by atoms with van der Waals surface area (Å²) in [6, 6.07) is 12.4. The van der Waals surface area contributed by atoms with Gasteiger partial charge >= 0.3 is 0 Å². The zero-order valence-corrected chi connectivity index (χ0v) is 20.8. The second-order valence-corrected chi connectivity index (χ2v) is 8.98. The molecule has 192 valence electrons. The minimum Gasteiger partial charge on any atom is -0.497 e. The Labute approximate surface area is 211 Å². The average molecular weight is 496 g/mol. The van der Waals surface area contributed by atoms with E-state index in [0.717, 1.165) is 38.1 Å². The highest BCUT2D eigenvalue weighted by Gasteiger charge is 2.34. The number of carbonyl (C=O) groups is 3. The van der Waals surface area contributed by atoms with Gasteiger partial charge in [-0.25, -0.2) is 0 Å². The van der Waals surface area contributed by atoms with Gasteiger partial charge in [-0.2, -0.15) is 0 Å². The molecule has 9 nitrogen and oxygen atoms in total. The summed E-state index contributed by atoms with van der Waals surface area (Å²) >= 11 is 0. The number of nitrogens with one attached hydrogen (secondary N) is 1. The number of hydrogen-bond donors (Lipinski definition) is 1. The Kier molecular flexibility index (Phi) is 8.30. The third kappa shape index (κ3) is 6.27. The molecule has 0 aromatic heterocycles. The molecule has 1 saturated heterocycles. The number of amides is 3. The van der Waals surface area contributed by atoms with Gasteiger partial charge in [0.2, 0.25) is 11.8 Å². The van der Waals surface area contributed by atoms with Crippen LogP contribution in [0.15, 0.2) is 42.5 Å². The monoisotopic (exact) mass is 495 g/mol. The van der Waals surface area contributed by atoms with E-state index in [1.165, 1.54) is 4.90 Å². The lowest BCUT2D eigenvalue weighted by Gasteiger charge is -2.35. The fourth-order valence-electron chi connectivity index (χ4n) is 4.34. The molecule has 1 atom stereocenters. The van der Waals surface area contributed by atoms with Crippen molar-refractivity contribution in [3.05, 3.63) is 42.5 Å². The van der Waals surface area contributed by atoms with Crippen LogP contribution in [0.3, 0.4) is 0 Å². The summed E-state index contributed by atoms with van der Waals surface area (Å²) in [5.41, 5.74) is 1.03. The van der Waals surface area contributed by atoms with Crippen molar-refractivity contribution >= 4 is 29.1 Å². The van der Waals surface area contributed by atoms with Crippen molar-refractivity contribution in [1.29, 1.82) is 0 Å². The van der Waals surface area contributed by atoms with Crippen molar-refractivity contribution in [2.75, 3.05) is 43.6 Å². The van der Waals surface area contributed by atoms with Crippen LogP contribution in [0.4, 0.5) is 11.4 Å². The van der Waals surface area contributed by atoms with Gasteiger partial charge in [0.05, 0.1) is 19.4 Å². The van der Waals surface area contributed by atoms with Crippen molar-refractivity contribution in [3.8, 4) is 17.2 Å². The minimum atomic E-state index is -0.683. The second-order valence-electron chi connectivity index (χ2n) is 8.98. The molecule has 1 N–H and O–H groups in total. The number of benzene rings is 2. The first-order valence-corrected chi connectivity index (χ1v) is 12.4. The summed E-state index contributed by atoms with van der Waals surface area (Å²) in [6.07, 6.45) is 3.22. The summed E-state index contributed by atoms with van der Waals surface area (Å²) in [6.45, 7) is 3.47. The zero-order chi connectivity index (χ0) is 25.5. The Morgan fingerprint density at radius 2 is 1.78 bits per heavy atom. The van der Waals surface area contributed by atoms with Gasteiger partial charge in [-0.1, -0.05) is 0 Å². The molecule has 0 saturated carbocycles. The van der Waals surface area contributed by atoms with Crippen LogP contribution >= 0.6 is 0 Å². The SMILES string of the molecule is COc1ccc(OCCCC(=O)Nc2ccc3c(c2)N(CC(=O)N2CCCCC2)C(=O)C(C)O3)cc1. The van der Waals surface area contributed by atoms with E-state index >= 15 is 0 Å². The van der Waals surface area contributed by atoms with Gasteiger partial charge in [-0.3, -0.25) is 19.3 Å². The Hall–Kier alpha value is -3.75. The van der Waals surface area contributed by atoms with E-state index in [4.69, 9.17) is 14.2 Å². The van der Waals surface area contributed by atoms with Crippen LogP contribution in [0.1, 0.15) is 39.0 Å². The van der Waals surface area contributed by atoms with Crippen LogP contribution in [-0.2, 0) is 14.4 Å². The molecular formula is C27H33N3O6. The van der Waals surface area contributed by atoms with Crippen molar-refractivity contribution in [2.24, 2.45) is 0 Å². The molecule has 9 heteroatoms. The maximum absolute atomic E-state index is 12.9. The van der Waals surface area contributed by atoms with E-state index in [9.17, 15) is 14.4 Å². The molecule has 2 aliphatic heterocycles. The van der Waals surface area contributed by atoms with Gasteiger partial charge in [0.15, 0.2) is 6.10 Å². The van der Waals surface area contributed by atoms with Gasteiger partial charge in [-0.05, 0) is 75.1 Å². The summed E-state index contributed by atoms with van der Waals surface area (Å²) in [5.74, 6) is 1.47. The number of fused-ring (bicyclic) bond motifs is 1. The lowest BCUT2D eigenvalue weighted by atomic mass is 10.1. The number of methoxy groups -OCH3 is 1. The molecule has 0 aliphatic carbocycles. The Balaban J connectivity index is 1.34. The van der Waals surface area contributed by atoms with Crippen LogP contribution in [-0.4, -0.2) is 62.1 Å². The molecule has 2 heterocycles. The summed E-state index contributed by atoms with van der Waals surface area (Å²) in [5, 5.41) is 2.87. The van der Waals surface area contributed by atoms with E-state index in [2.05, 4.69) is 5.32 Å². The van der Waals surface area contributed by atoms with Gasteiger partial charge in [-0.15, -0.1) is 0 Å². The first-order valence-electron chi connectivity index (χ1n) is 12.4. The van der Waals surface area contributed by atoms with Gasteiger partial charge in [0, 0.05) is 25.2 Å². The molecule has 0 bridgehead atoms. The smallest absolute Gasteiger partial charge is 0.268 e. The third-order valence-corrected chi connectivity index (χ3v) is 6.33. The van der Waals surface area contributed by atoms with Gasteiger partial charge in [0.25, 0.3) is 5.91 Å². The quantitative estimate of drug-likeness (QED) is 0.534. The second kappa shape index (κ2) is 11.8. The third-order valence-electron chi connectivity index (χ3n) is 6.33. The standard InChI is InChI=1S/C27H33N3O6/c1-19-27(33)30(18-26(32)29-14-4-3-5-15-29)23-17-20(8-13-24(23)36-19)28-25(31)7-6-16-35-22-11-9-21(34-2)10-12-22/h8-13,17,19H,3-7,14-16,18H2,1-2H3,(H,28,31). The van der Waals surface area contributed by atoms with Crippen molar-refractivity contribution in [1.82, 2.24) is 4.90 Å². The average Bonchev–Trinajstić information content (AvgIpc) is 2.90. The number of likely N-dealkylation sites (tertiary alicyclic amines) is 1. The van der Waals surface area contributed by atoms with E-state index in [0.29, 0.717) is 35.9 Å². The van der Waals surface area contributed by atoms with Crippen LogP contribution in [0.2, 0.25) is 0 Å². The molecular weight excluding hydrogens is 462 g/mol. The summed E-state index contributed by atoms with van der Waals surface area (Å²) < 4.78 is 16.5. The Morgan fingerprint density at radius 1 is 1.06 bits per heavy atom. The molecule has 0 radical (unpaired) electrons. The summed E-state index contributed by atoms with van der Waals surface area (Å²) in [4.78, 5) is 41.6. The number of hydrogen-bond acceptors (Lipinski definition) is 6. The first kappa shape index (κ1) is 25.3. The Bertz CT molecular complexity index is 1080.